The summed E-state index contributed by atoms with van der Waals surface area (Å²) in [6.07, 6.45) is -0.526. The van der Waals surface area contributed by atoms with Crippen LogP contribution in [0.4, 0.5) is 4.79 Å². The van der Waals surface area contributed by atoms with Crippen LogP contribution >= 0.6 is 0 Å². The van der Waals surface area contributed by atoms with Crippen molar-refractivity contribution in [2.24, 2.45) is 11.8 Å². The third-order valence-corrected chi connectivity index (χ3v) is 6.61. The minimum atomic E-state index is -1.18. The summed E-state index contributed by atoms with van der Waals surface area (Å²) in [5.74, 6) is -1.94. The maximum absolute atomic E-state index is 13.6. The lowest BCUT2D eigenvalue weighted by molar-refractivity contribution is -0.136. The van der Waals surface area contributed by atoms with Crippen LogP contribution in [0.1, 0.15) is 73.3 Å². The van der Waals surface area contributed by atoms with E-state index in [0.29, 0.717) is 13.0 Å². The third-order valence-electron chi connectivity index (χ3n) is 6.61. The molecule has 0 bridgehead atoms. The number of Topliss-reactive ketones (excluding diaryl/α,β-unsaturated/α-hetero) is 1. The van der Waals surface area contributed by atoms with Crippen molar-refractivity contribution in [3.63, 3.8) is 0 Å². The zero-order valence-corrected chi connectivity index (χ0v) is 25.2. The molecule has 4 N–H and O–H groups in total. The number of ketones is 1. The van der Waals surface area contributed by atoms with Crippen LogP contribution in [0.15, 0.2) is 30.3 Å². The second kappa shape index (κ2) is 15.5. The highest BCUT2D eigenvalue weighted by molar-refractivity contribution is 5.94. The van der Waals surface area contributed by atoms with Gasteiger partial charge in [-0.15, -0.1) is 0 Å². The number of rotatable bonds is 14. The van der Waals surface area contributed by atoms with Gasteiger partial charge in [0.25, 0.3) is 0 Å². The molecule has 11 heteroatoms. The molecule has 1 heterocycles. The van der Waals surface area contributed by atoms with Crippen molar-refractivity contribution < 1.29 is 33.4 Å². The first-order valence-electron chi connectivity index (χ1n) is 14.2. The summed E-state index contributed by atoms with van der Waals surface area (Å²) in [5, 5.41) is 10.8. The summed E-state index contributed by atoms with van der Waals surface area (Å²) < 4.78 is 11.3. The highest BCUT2D eigenvalue weighted by Crippen LogP contribution is 2.18. The summed E-state index contributed by atoms with van der Waals surface area (Å²) in [7, 11) is 0. The molecule has 0 saturated carbocycles. The Kier molecular flexibility index (Phi) is 12.8. The van der Waals surface area contributed by atoms with E-state index in [-0.39, 0.29) is 43.0 Å². The van der Waals surface area contributed by atoms with Crippen molar-refractivity contribution in [1.82, 2.24) is 21.3 Å². The van der Waals surface area contributed by atoms with Gasteiger partial charge >= 0.3 is 6.09 Å². The van der Waals surface area contributed by atoms with Crippen LogP contribution in [-0.2, 0) is 35.3 Å². The Bertz CT molecular complexity index is 1050. The third kappa shape index (κ3) is 11.9. The van der Waals surface area contributed by atoms with E-state index in [0.717, 1.165) is 5.56 Å². The van der Waals surface area contributed by atoms with Crippen LogP contribution in [0.5, 0.6) is 0 Å². The van der Waals surface area contributed by atoms with Crippen molar-refractivity contribution >= 4 is 29.6 Å². The van der Waals surface area contributed by atoms with Gasteiger partial charge in [0.2, 0.25) is 17.7 Å². The summed E-state index contributed by atoms with van der Waals surface area (Å²) in [6.45, 7) is 12.8. The normalized spacial score (nSPS) is 18.0. The van der Waals surface area contributed by atoms with E-state index in [1.54, 1.807) is 6.92 Å². The number of carbonyl (C=O) groups is 5. The van der Waals surface area contributed by atoms with Crippen LogP contribution < -0.4 is 21.3 Å². The van der Waals surface area contributed by atoms with Crippen LogP contribution in [0, 0.1) is 11.8 Å². The predicted molar refractivity (Wildman–Crippen MR) is 154 cm³/mol. The van der Waals surface area contributed by atoms with E-state index in [4.69, 9.17) is 9.47 Å². The molecule has 0 aromatic heterocycles. The number of alkyl carbamates (subject to hydrolysis) is 1. The van der Waals surface area contributed by atoms with Gasteiger partial charge in [0.1, 0.15) is 18.7 Å². The molecule has 228 valence electrons. The zero-order valence-electron chi connectivity index (χ0n) is 25.2. The van der Waals surface area contributed by atoms with Gasteiger partial charge in [0.05, 0.1) is 17.7 Å². The maximum Gasteiger partial charge on any atom is 0.408 e. The van der Waals surface area contributed by atoms with Crippen LogP contribution in [0.25, 0.3) is 0 Å². The Morgan fingerprint density at radius 1 is 0.976 bits per heavy atom. The summed E-state index contributed by atoms with van der Waals surface area (Å²) in [6, 6.07) is 6.09. The Hall–Kier alpha value is -3.47. The Morgan fingerprint density at radius 2 is 1.61 bits per heavy atom. The fourth-order valence-corrected chi connectivity index (χ4v) is 4.63. The Balaban J connectivity index is 2.16. The molecule has 1 aromatic rings. The molecule has 0 spiro atoms. The molecular formula is C30H46N4O7. The molecule has 1 aromatic carbocycles. The first-order valence-corrected chi connectivity index (χ1v) is 14.2. The van der Waals surface area contributed by atoms with E-state index < -0.39 is 47.7 Å². The van der Waals surface area contributed by atoms with E-state index in [2.05, 4.69) is 21.3 Å². The molecule has 0 radical (unpaired) electrons. The molecule has 11 nitrogen and oxygen atoms in total. The largest absolute Gasteiger partial charge is 0.445 e. The van der Waals surface area contributed by atoms with E-state index in [1.807, 2.05) is 65.0 Å². The molecule has 41 heavy (non-hydrogen) atoms. The van der Waals surface area contributed by atoms with Gasteiger partial charge in [-0.3, -0.25) is 19.2 Å². The SMILES string of the molecule is CC(=O)[C@H](C[C@@H]1CCNC1=O)NC(=O)[C@H](CC(C)C)NC(=O)[C@@H](NC(=O)OCc1ccccc1)C(C)OC(C)(C)C. The van der Waals surface area contributed by atoms with Gasteiger partial charge in [-0.1, -0.05) is 44.2 Å². The Labute approximate surface area is 242 Å². The standard InChI is InChI=1S/C30H46N4O7/c1-18(2)15-24(27(37)32-23(19(3)35)16-22-13-14-31-26(22)36)33-28(38)25(20(4)41-30(5,6)7)34-29(39)40-17-21-11-9-8-10-12-21/h8-12,18,20,22-25H,13-17H2,1-7H3,(H,31,36)(H,32,37)(H,33,38)(H,34,39)/t20?,22-,23-,24-,25-/m0/s1. The topological polar surface area (TPSA) is 152 Å². The summed E-state index contributed by atoms with van der Waals surface area (Å²) >= 11 is 0. The van der Waals surface area contributed by atoms with Gasteiger partial charge in [0, 0.05) is 12.5 Å². The molecular weight excluding hydrogens is 528 g/mol. The lowest BCUT2D eigenvalue weighted by atomic mass is 9.95. The molecule has 1 aliphatic heterocycles. The average molecular weight is 575 g/mol. The first kappa shape index (κ1) is 33.7. The smallest absolute Gasteiger partial charge is 0.408 e. The number of hydrogen-bond donors (Lipinski definition) is 4. The zero-order chi connectivity index (χ0) is 30.7. The monoisotopic (exact) mass is 574 g/mol. The Morgan fingerprint density at radius 3 is 2.15 bits per heavy atom. The number of ether oxygens (including phenoxy) is 2. The lowest BCUT2D eigenvalue weighted by Crippen LogP contribution is -2.59. The van der Waals surface area contributed by atoms with Crippen LogP contribution in [0.2, 0.25) is 0 Å². The van der Waals surface area contributed by atoms with E-state index in [9.17, 15) is 24.0 Å². The minimum Gasteiger partial charge on any atom is -0.445 e. The molecule has 1 aliphatic rings. The molecule has 1 fully saturated rings. The fraction of sp³-hybridized carbons (Fsp3) is 0.633. The molecule has 5 atom stereocenters. The molecule has 4 amide bonds. The second-order valence-corrected chi connectivity index (χ2v) is 12.0. The average Bonchev–Trinajstić information content (AvgIpc) is 3.28. The fourth-order valence-electron chi connectivity index (χ4n) is 4.63. The van der Waals surface area contributed by atoms with Gasteiger partial charge in [-0.2, -0.15) is 0 Å². The van der Waals surface area contributed by atoms with Crippen molar-refractivity contribution in [1.29, 1.82) is 0 Å². The highest BCUT2D eigenvalue weighted by Gasteiger charge is 2.35. The minimum absolute atomic E-state index is 0.0132. The van der Waals surface area contributed by atoms with E-state index >= 15 is 0 Å². The molecule has 1 saturated heterocycles. The summed E-state index contributed by atoms with van der Waals surface area (Å²) in [4.78, 5) is 64.0. The quantitative estimate of drug-likeness (QED) is 0.267. The van der Waals surface area contributed by atoms with Crippen molar-refractivity contribution in [3.05, 3.63) is 35.9 Å². The first-order chi connectivity index (χ1) is 19.2. The second-order valence-electron chi connectivity index (χ2n) is 12.0. The summed E-state index contributed by atoms with van der Waals surface area (Å²) in [5.41, 5.74) is 0.162. The van der Waals surface area contributed by atoms with Crippen LogP contribution in [-0.4, -0.2) is 66.0 Å². The van der Waals surface area contributed by atoms with Gasteiger partial charge in [-0.05, 0) is 65.4 Å². The lowest BCUT2D eigenvalue weighted by Gasteiger charge is -2.32. The number of nitrogens with one attached hydrogen (secondary N) is 4. The number of benzene rings is 1. The van der Waals surface area contributed by atoms with Crippen molar-refractivity contribution in [3.8, 4) is 0 Å². The molecule has 0 aliphatic carbocycles. The predicted octanol–water partition coefficient (Wildman–Crippen LogP) is 2.62. The number of hydrogen-bond acceptors (Lipinski definition) is 7. The maximum atomic E-state index is 13.6. The van der Waals surface area contributed by atoms with Gasteiger partial charge in [-0.25, -0.2) is 4.79 Å². The van der Waals surface area contributed by atoms with E-state index in [1.165, 1.54) is 6.92 Å². The number of carbonyl (C=O) groups excluding carboxylic acids is 5. The molecule has 1 unspecified atom stereocenters. The van der Waals surface area contributed by atoms with Crippen molar-refractivity contribution in [2.75, 3.05) is 6.54 Å². The van der Waals surface area contributed by atoms with Crippen molar-refractivity contribution in [2.45, 2.75) is 104 Å². The van der Waals surface area contributed by atoms with Gasteiger partial charge in [0.15, 0.2) is 5.78 Å². The van der Waals surface area contributed by atoms with Gasteiger partial charge < -0.3 is 30.7 Å². The van der Waals surface area contributed by atoms with Crippen LogP contribution in [0.3, 0.4) is 0 Å². The highest BCUT2D eigenvalue weighted by atomic mass is 16.6. The molecule has 2 rings (SSSR count). The number of amides is 4.